The number of pyridine rings is 1. The van der Waals surface area contributed by atoms with Gasteiger partial charge in [-0.2, -0.15) is 13.2 Å². The van der Waals surface area contributed by atoms with Crippen LogP contribution in [0.25, 0.3) is 0 Å². The van der Waals surface area contributed by atoms with E-state index in [1.807, 2.05) is 0 Å². The molecule has 0 bridgehead atoms. The number of carbonyl (C=O) groups excluding carboxylic acids is 1. The number of hydrogen-bond acceptors (Lipinski definition) is 3. The van der Waals surface area contributed by atoms with E-state index in [9.17, 15) is 18.0 Å². The van der Waals surface area contributed by atoms with Crippen LogP contribution in [0.4, 0.5) is 13.2 Å². The predicted octanol–water partition coefficient (Wildman–Crippen LogP) is 3.14. The third kappa shape index (κ3) is 3.99. The Bertz CT molecular complexity index is 699. The van der Waals surface area contributed by atoms with E-state index in [0.717, 1.165) is 0 Å². The summed E-state index contributed by atoms with van der Waals surface area (Å²) in [5, 5.41) is 0. The molecule has 1 atom stereocenters. The molecule has 1 aromatic heterocycles. The van der Waals surface area contributed by atoms with Crippen molar-refractivity contribution in [3.63, 3.8) is 0 Å². The molecule has 1 fully saturated rings. The number of piperazine rings is 1. The average molecular weight is 349 g/mol. The maximum absolute atomic E-state index is 13.6. The molecule has 1 aromatic carbocycles. The minimum Gasteiger partial charge on any atom is -0.336 e. The third-order valence-electron chi connectivity index (χ3n) is 4.32. The number of halogens is 3. The molecule has 3 rings (SSSR count). The van der Waals surface area contributed by atoms with Gasteiger partial charge in [-0.25, -0.2) is 0 Å². The molecule has 2 aromatic rings. The summed E-state index contributed by atoms with van der Waals surface area (Å²) in [6, 6.07) is 9.47. The summed E-state index contributed by atoms with van der Waals surface area (Å²) in [7, 11) is 0. The van der Waals surface area contributed by atoms with Gasteiger partial charge in [0, 0.05) is 44.1 Å². The molecule has 1 aliphatic rings. The summed E-state index contributed by atoms with van der Waals surface area (Å²) in [4.78, 5) is 19.2. The van der Waals surface area contributed by atoms with Crippen LogP contribution in [-0.4, -0.2) is 53.0 Å². The minimum atomic E-state index is -4.36. The van der Waals surface area contributed by atoms with Gasteiger partial charge in [-0.15, -0.1) is 0 Å². The molecule has 2 heterocycles. The quantitative estimate of drug-likeness (QED) is 0.854. The summed E-state index contributed by atoms with van der Waals surface area (Å²) in [6.45, 7) is 0.882. The molecule has 4 nitrogen and oxygen atoms in total. The number of carbonyl (C=O) groups is 1. The van der Waals surface area contributed by atoms with E-state index < -0.39 is 12.2 Å². The van der Waals surface area contributed by atoms with Gasteiger partial charge < -0.3 is 4.90 Å². The van der Waals surface area contributed by atoms with Crippen LogP contribution >= 0.6 is 0 Å². The van der Waals surface area contributed by atoms with Crippen LogP contribution in [0.2, 0.25) is 0 Å². The highest BCUT2D eigenvalue weighted by Gasteiger charge is 2.45. The summed E-state index contributed by atoms with van der Waals surface area (Å²) in [5.41, 5.74) is 0.725. The first kappa shape index (κ1) is 17.4. The van der Waals surface area contributed by atoms with Gasteiger partial charge in [0.2, 0.25) is 0 Å². The molecule has 7 heteroatoms. The topological polar surface area (TPSA) is 36.4 Å². The van der Waals surface area contributed by atoms with E-state index in [4.69, 9.17) is 0 Å². The average Bonchev–Trinajstić information content (AvgIpc) is 2.62. The molecular formula is C18H18F3N3O. The molecule has 0 aliphatic carbocycles. The number of aromatic nitrogens is 1. The van der Waals surface area contributed by atoms with Crippen LogP contribution < -0.4 is 0 Å². The van der Waals surface area contributed by atoms with Crippen molar-refractivity contribution in [2.45, 2.75) is 12.2 Å². The van der Waals surface area contributed by atoms with Crippen molar-refractivity contribution in [2.75, 3.05) is 26.2 Å². The Morgan fingerprint density at radius 3 is 2.12 bits per heavy atom. The second-order valence-electron chi connectivity index (χ2n) is 5.92. The highest BCUT2D eigenvalue weighted by atomic mass is 19.4. The van der Waals surface area contributed by atoms with Crippen molar-refractivity contribution in [3.8, 4) is 0 Å². The third-order valence-corrected chi connectivity index (χ3v) is 4.32. The van der Waals surface area contributed by atoms with E-state index in [1.54, 1.807) is 35.2 Å². The second kappa shape index (κ2) is 7.23. The van der Waals surface area contributed by atoms with E-state index in [1.165, 1.54) is 29.4 Å². The predicted molar refractivity (Wildman–Crippen MR) is 87.0 cm³/mol. The summed E-state index contributed by atoms with van der Waals surface area (Å²) >= 11 is 0. The molecule has 0 spiro atoms. The van der Waals surface area contributed by atoms with Gasteiger partial charge in [-0.3, -0.25) is 14.7 Å². The number of benzene rings is 1. The largest absolute Gasteiger partial charge is 0.408 e. The first-order valence-corrected chi connectivity index (χ1v) is 8.02. The molecule has 0 saturated carbocycles. The second-order valence-corrected chi connectivity index (χ2v) is 5.92. The molecule has 1 aliphatic heterocycles. The molecular weight excluding hydrogens is 331 g/mol. The van der Waals surface area contributed by atoms with Crippen LogP contribution in [-0.2, 0) is 0 Å². The lowest BCUT2D eigenvalue weighted by atomic mass is 10.0. The van der Waals surface area contributed by atoms with Crippen molar-refractivity contribution >= 4 is 5.91 Å². The van der Waals surface area contributed by atoms with Crippen LogP contribution in [0.15, 0.2) is 54.9 Å². The van der Waals surface area contributed by atoms with E-state index >= 15 is 0 Å². The maximum Gasteiger partial charge on any atom is 0.408 e. The number of hydrogen-bond donors (Lipinski definition) is 0. The SMILES string of the molecule is O=C(c1ccncc1)N1CCN([C@H](c2ccccc2)C(F)(F)F)CC1. The zero-order chi connectivity index (χ0) is 17.9. The lowest BCUT2D eigenvalue weighted by Crippen LogP contribution is -2.52. The van der Waals surface area contributed by atoms with Gasteiger partial charge in [0.15, 0.2) is 0 Å². The molecule has 0 N–H and O–H groups in total. The Hall–Kier alpha value is -2.41. The van der Waals surface area contributed by atoms with Crippen LogP contribution in [0.1, 0.15) is 22.0 Å². The standard InChI is InChI=1S/C18H18F3N3O/c19-18(20,21)16(14-4-2-1-3-5-14)23-10-12-24(13-11-23)17(25)15-6-8-22-9-7-15/h1-9,16H,10-13H2/t16-/m1/s1. The van der Waals surface area contributed by atoms with Crippen LogP contribution in [0, 0.1) is 0 Å². The fourth-order valence-corrected chi connectivity index (χ4v) is 3.10. The van der Waals surface area contributed by atoms with E-state index in [2.05, 4.69) is 4.98 Å². The van der Waals surface area contributed by atoms with Crippen molar-refractivity contribution in [1.82, 2.24) is 14.8 Å². The smallest absolute Gasteiger partial charge is 0.336 e. The molecule has 132 valence electrons. The van der Waals surface area contributed by atoms with Gasteiger partial charge in [0.05, 0.1) is 0 Å². The van der Waals surface area contributed by atoms with E-state index in [0.29, 0.717) is 5.56 Å². The van der Waals surface area contributed by atoms with Crippen molar-refractivity contribution in [3.05, 3.63) is 66.0 Å². The van der Waals surface area contributed by atoms with E-state index in [-0.39, 0.29) is 37.6 Å². The Morgan fingerprint density at radius 1 is 0.960 bits per heavy atom. The zero-order valence-electron chi connectivity index (χ0n) is 13.5. The van der Waals surface area contributed by atoms with Crippen molar-refractivity contribution in [2.24, 2.45) is 0 Å². The summed E-state index contributed by atoms with van der Waals surface area (Å²) in [6.07, 6.45) is -1.31. The summed E-state index contributed by atoms with van der Waals surface area (Å²) < 4.78 is 40.7. The lowest BCUT2D eigenvalue weighted by Gasteiger charge is -2.40. The van der Waals surface area contributed by atoms with Gasteiger partial charge >= 0.3 is 6.18 Å². The molecule has 25 heavy (non-hydrogen) atoms. The fourth-order valence-electron chi connectivity index (χ4n) is 3.10. The van der Waals surface area contributed by atoms with Crippen LogP contribution in [0.5, 0.6) is 0 Å². The fraction of sp³-hybridized carbons (Fsp3) is 0.333. The lowest BCUT2D eigenvalue weighted by molar-refractivity contribution is -0.189. The number of rotatable bonds is 3. The minimum absolute atomic E-state index is 0.176. The molecule has 0 radical (unpaired) electrons. The number of nitrogens with zero attached hydrogens (tertiary/aromatic N) is 3. The van der Waals surface area contributed by atoms with Crippen LogP contribution in [0.3, 0.4) is 0 Å². The first-order valence-electron chi connectivity index (χ1n) is 8.02. The first-order chi connectivity index (χ1) is 12.0. The Labute approximate surface area is 143 Å². The highest BCUT2D eigenvalue weighted by Crippen LogP contribution is 2.38. The Balaban J connectivity index is 1.71. The number of amides is 1. The highest BCUT2D eigenvalue weighted by molar-refractivity contribution is 5.94. The summed E-state index contributed by atoms with van der Waals surface area (Å²) in [5.74, 6) is -0.176. The van der Waals surface area contributed by atoms with Crippen molar-refractivity contribution in [1.29, 1.82) is 0 Å². The Kier molecular flexibility index (Phi) is 5.03. The maximum atomic E-state index is 13.6. The molecule has 1 saturated heterocycles. The zero-order valence-corrected chi connectivity index (χ0v) is 13.5. The Morgan fingerprint density at radius 2 is 1.56 bits per heavy atom. The van der Waals surface area contributed by atoms with Crippen molar-refractivity contribution < 1.29 is 18.0 Å². The van der Waals surface area contributed by atoms with Gasteiger partial charge in [0.1, 0.15) is 6.04 Å². The van der Waals surface area contributed by atoms with Gasteiger partial charge in [-0.05, 0) is 17.7 Å². The normalized spacial score (nSPS) is 17.3. The molecule has 0 unspecified atom stereocenters. The molecule has 1 amide bonds. The van der Waals surface area contributed by atoms with Gasteiger partial charge in [-0.1, -0.05) is 30.3 Å². The number of alkyl halides is 3. The van der Waals surface area contributed by atoms with Gasteiger partial charge in [0.25, 0.3) is 5.91 Å². The monoisotopic (exact) mass is 349 g/mol.